The minimum atomic E-state index is -0.300. The average molecular weight is 192 g/mol. The van der Waals surface area contributed by atoms with Crippen molar-refractivity contribution in [3.63, 3.8) is 0 Å². The highest BCUT2D eigenvalue weighted by Crippen LogP contribution is 2.07. The summed E-state index contributed by atoms with van der Waals surface area (Å²) in [6.45, 7) is 1.50. The number of carbonyl (C=O) groups excluding carboxylic acids is 2. The molecule has 0 fully saturated rings. The lowest BCUT2D eigenvalue weighted by molar-refractivity contribution is -0.139. The van der Waals surface area contributed by atoms with Gasteiger partial charge < -0.3 is 4.74 Å². The highest BCUT2D eigenvalue weighted by molar-refractivity contribution is 5.94. The van der Waals surface area contributed by atoms with Crippen LogP contribution in [0, 0.1) is 0 Å². The van der Waals surface area contributed by atoms with Crippen molar-refractivity contribution in [1.29, 1.82) is 0 Å². The summed E-state index contributed by atoms with van der Waals surface area (Å²) in [5.74, 6) is -0.303. The molecular formula is C11H12O3. The van der Waals surface area contributed by atoms with Gasteiger partial charge in [0.15, 0.2) is 5.78 Å². The molecule has 0 saturated carbocycles. The van der Waals surface area contributed by atoms with Crippen LogP contribution in [-0.2, 0) is 16.0 Å². The predicted molar refractivity (Wildman–Crippen MR) is 52.2 cm³/mol. The first-order valence-electron chi connectivity index (χ1n) is 4.30. The molecule has 0 heterocycles. The molecule has 0 aliphatic carbocycles. The molecule has 3 heteroatoms. The zero-order valence-electron chi connectivity index (χ0n) is 8.24. The van der Waals surface area contributed by atoms with Crippen LogP contribution in [0.5, 0.6) is 0 Å². The van der Waals surface area contributed by atoms with E-state index in [0.717, 1.165) is 5.56 Å². The van der Waals surface area contributed by atoms with Crippen molar-refractivity contribution < 1.29 is 14.3 Å². The van der Waals surface area contributed by atoms with Crippen LogP contribution in [-0.4, -0.2) is 18.9 Å². The summed E-state index contributed by atoms with van der Waals surface area (Å²) in [6, 6.07) is 6.99. The average Bonchev–Trinajstić information content (AvgIpc) is 2.18. The number of methoxy groups -OCH3 is 1. The molecule has 0 aliphatic rings. The molecule has 3 nitrogen and oxygen atoms in total. The maximum Gasteiger partial charge on any atom is 0.309 e. The Morgan fingerprint density at radius 3 is 2.64 bits per heavy atom. The molecule has 0 radical (unpaired) electrons. The first-order chi connectivity index (χ1) is 6.63. The maximum atomic E-state index is 11.0. The molecule has 0 aromatic heterocycles. The van der Waals surface area contributed by atoms with Crippen molar-refractivity contribution in [2.75, 3.05) is 7.11 Å². The normalized spacial score (nSPS) is 9.57. The highest BCUT2D eigenvalue weighted by atomic mass is 16.5. The first-order valence-corrected chi connectivity index (χ1v) is 4.30. The van der Waals surface area contributed by atoms with Crippen LogP contribution < -0.4 is 0 Å². The van der Waals surface area contributed by atoms with Gasteiger partial charge in [0.25, 0.3) is 0 Å². The molecule has 0 unspecified atom stereocenters. The summed E-state index contributed by atoms with van der Waals surface area (Å²) in [5, 5.41) is 0. The fraction of sp³-hybridized carbons (Fsp3) is 0.273. The van der Waals surface area contributed by atoms with Crippen LogP contribution in [0.15, 0.2) is 24.3 Å². The second kappa shape index (κ2) is 4.56. The Kier molecular flexibility index (Phi) is 3.40. The van der Waals surface area contributed by atoms with Crippen LogP contribution >= 0.6 is 0 Å². The maximum absolute atomic E-state index is 11.0. The second-order valence-corrected chi connectivity index (χ2v) is 3.01. The Hall–Kier alpha value is -1.64. The number of esters is 1. The summed E-state index contributed by atoms with van der Waals surface area (Å²) < 4.78 is 4.53. The number of rotatable bonds is 3. The summed E-state index contributed by atoms with van der Waals surface area (Å²) in [5.41, 5.74) is 1.41. The summed E-state index contributed by atoms with van der Waals surface area (Å²) >= 11 is 0. The molecule has 0 bridgehead atoms. The van der Waals surface area contributed by atoms with Crippen molar-refractivity contribution in [3.05, 3.63) is 35.4 Å². The van der Waals surface area contributed by atoms with Crippen LogP contribution in [0.1, 0.15) is 22.8 Å². The van der Waals surface area contributed by atoms with Gasteiger partial charge in [-0.3, -0.25) is 9.59 Å². The molecule has 14 heavy (non-hydrogen) atoms. The number of ketones is 1. The molecule has 1 aromatic rings. The number of ether oxygens (including phenoxy) is 1. The second-order valence-electron chi connectivity index (χ2n) is 3.01. The fourth-order valence-corrected chi connectivity index (χ4v) is 1.14. The van der Waals surface area contributed by atoms with Gasteiger partial charge in [0.05, 0.1) is 13.5 Å². The molecule has 0 amide bonds. The van der Waals surface area contributed by atoms with E-state index >= 15 is 0 Å². The monoisotopic (exact) mass is 192 g/mol. The zero-order chi connectivity index (χ0) is 10.6. The lowest BCUT2D eigenvalue weighted by Gasteiger charge is -2.01. The smallest absolute Gasteiger partial charge is 0.309 e. The lowest BCUT2D eigenvalue weighted by atomic mass is 10.1. The Morgan fingerprint density at radius 2 is 2.07 bits per heavy atom. The largest absolute Gasteiger partial charge is 0.469 e. The van der Waals surface area contributed by atoms with Gasteiger partial charge >= 0.3 is 5.97 Å². The lowest BCUT2D eigenvalue weighted by Crippen LogP contribution is -2.05. The summed E-state index contributed by atoms with van der Waals surface area (Å²) in [7, 11) is 1.34. The van der Waals surface area contributed by atoms with Crippen LogP contribution in [0.25, 0.3) is 0 Å². The van der Waals surface area contributed by atoms with E-state index in [4.69, 9.17) is 0 Å². The van der Waals surface area contributed by atoms with Crippen molar-refractivity contribution in [1.82, 2.24) is 0 Å². The van der Waals surface area contributed by atoms with Gasteiger partial charge in [0.1, 0.15) is 0 Å². The van der Waals surface area contributed by atoms with Crippen molar-refractivity contribution >= 4 is 11.8 Å². The molecule has 0 spiro atoms. The van der Waals surface area contributed by atoms with Gasteiger partial charge in [-0.05, 0) is 18.6 Å². The van der Waals surface area contributed by atoms with E-state index in [1.807, 2.05) is 0 Å². The van der Waals surface area contributed by atoms with Crippen LogP contribution in [0.2, 0.25) is 0 Å². The summed E-state index contributed by atoms with van der Waals surface area (Å²) in [4.78, 5) is 22.0. The molecule has 0 aliphatic heterocycles. The molecule has 74 valence electrons. The van der Waals surface area contributed by atoms with E-state index in [2.05, 4.69) is 4.74 Å². The van der Waals surface area contributed by atoms with Crippen LogP contribution in [0.4, 0.5) is 0 Å². The number of Topliss-reactive ketones (excluding diaryl/α,β-unsaturated/α-hetero) is 1. The third-order valence-electron chi connectivity index (χ3n) is 1.91. The minimum absolute atomic E-state index is 0.00304. The Morgan fingerprint density at radius 1 is 1.36 bits per heavy atom. The number of hydrogen-bond donors (Lipinski definition) is 0. The molecule has 1 rings (SSSR count). The van der Waals surface area contributed by atoms with E-state index in [1.54, 1.807) is 24.3 Å². The van der Waals surface area contributed by atoms with E-state index in [-0.39, 0.29) is 18.2 Å². The van der Waals surface area contributed by atoms with Gasteiger partial charge in [-0.1, -0.05) is 18.2 Å². The van der Waals surface area contributed by atoms with Gasteiger partial charge in [-0.15, -0.1) is 0 Å². The van der Waals surface area contributed by atoms with E-state index < -0.39 is 0 Å². The molecular weight excluding hydrogens is 180 g/mol. The number of carbonyl (C=O) groups is 2. The molecule has 1 aromatic carbocycles. The third-order valence-corrected chi connectivity index (χ3v) is 1.91. The van der Waals surface area contributed by atoms with E-state index in [0.29, 0.717) is 5.56 Å². The van der Waals surface area contributed by atoms with Gasteiger partial charge in [-0.2, -0.15) is 0 Å². The SMILES string of the molecule is COC(=O)Cc1cccc(C(C)=O)c1. The Labute approximate surface area is 82.7 Å². The standard InChI is InChI=1S/C11H12O3/c1-8(12)10-5-3-4-9(6-10)7-11(13)14-2/h3-6H,7H2,1-2H3. The predicted octanol–water partition coefficient (Wildman–Crippen LogP) is 1.60. The topological polar surface area (TPSA) is 43.4 Å². The van der Waals surface area contributed by atoms with Crippen molar-refractivity contribution in [2.45, 2.75) is 13.3 Å². The number of hydrogen-bond acceptors (Lipinski definition) is 3. The molecule has 0 atom stereocenters. The minimum Gasteiger partial charge on any atom is -0.469 e. The molecule has 0 N–H and O–H groups in total. The van der Waals surface area contributed by atoms with E-state index in [9.17, 15) is 9.59 Å². The third kappa shape index (κ3) is 2.69. The quantitative estimate of drug-likeness (QED) is 0.539. The molecule has 0 saturated heterocycles. The van der Waals surface area contributed by atoms with E-state index in [1.165, 1.54) is 14.0 Å². The van der Waals surface area contributed by atoms with Gasteiger partial charge in [0.2, 0.25) is 0 Å². The van der Waals surface area contributed by atoms with Gasteiger partial charge in [0, 0.05) is 5.56 Å². The Bertz CT molecular complexity index is 355. The fourth-order valence-electron chi connectivity index (χ4n) is 1.14. The van der Waals surface area contributed by atoms with Crippen molar-refractivity contribution in [2.24, 2.45) is 0 Å². The first kappa shape index (κ1) is 10.4. The van der Waals surface area contributed by atoms with Crippen LogP contribution in [0.3, 0.4) is 0 Å². The zero-order valence-corrected chi connectivity index (χ0v) is 8.24. The Balaban J connectivity index is 2.83. The highest BCUT2D eigenvalue weighted by Gasteiger charge is 2.04. The number of benzene rings is 1. The van der Waals surface area contributed by atoms with Gasteiger partial charge in [-0.25, -0.2) is 0 Å². The summed E-state index contributed by atoms with van der Waals surface area (Å²) in [6.07, 6.45) is 0.206. The van der Waals surface area contributed by atoms with Crippen molar-refractivity contribution in [3.8, 4) is 0 Å².